The summed E-state index contributed by atoms with van der Waals surface area (Å²) in [4.78, 5) is 7.41. The number of aliphatic imine (C=N–C) groups is 1. The second-order valence-electron chi connectivity index (χ2n) is 6.70. The number of benzene rings is 3. The minimum Gasteiger partial charge on any atom is -0.372 e. The highest BCUT2D eigenvalue weighted by molar-refractivity contribution is 6.14. The predicted octanol–water partition coefficient (Wildman–Crippen LogP) is 6.48. The van der Waals surface area contributed by atoms with Crippen molar-refractivity contribution < 1.29 is 0 Å². The standard InChI is InChI=1S/C25H28N2/c1-3-19-27(20-4-2)24-17-15-22(16-18-24)25(21-11-7-5-8-12-21)26-23-13-9-6-10-14-23/h5-18H,3-4,19-20H2,1-2H3. The van der Waals surface area contributed by atoms with Gasteiger partial charge in [-0.2, -0.15) is 0 Å². The molecule has 0 spiro atoms. The van der Waals surface area contributed by atoms with E-state index in [2.05, 4.69) is 67.3 Å². The molecule has 0 heterocycles. The van der Waals surface area contributed by atoms with Crippen LogP contribution >= 0.6 is 0 Å². The van der Waals surface area contributed by atoms with Crippen molar-refractivity contribution in [1.29, 1.82) is 0 Å². The van der Waals surface area contributed by atoms with Crippen LogP contribution in [-0.4, -0.2) is 18.8 Å². The lowest BCUT2D eigenvalue weighted by Gasteiger charge is -2.24. The van der Waals surface area contributed by atoms with Crippen LogP contribution in [0.2, 0.25) is 0 Å². The fraction of sp³-hybridized carbons (Fsp3) is 0.240. The SMILES string of the molecule is CCCN(CCC)c1ccc(C(=Nc2ccccc2)c2ccccc2)cc1. The molecule has 2 nitrogen and oxygen atoms in total. The van der Waals surface area contributed by atoms with Gasteiger partial charge in [0, 0.05) is 29.9 Å². The van der Waals surface area contributed by atoms with Crippen molar-refractivity contribution in [2.75, 3.05) is 18.0 Å². The average molecular weight is 357 g/mol. The van der Waals surface area contributed by atoms with E-state index < -0.39 is 0 Å². The fourth-order valence-electron chi connectivity index (χ4n) is 3.26. The zero-order valence-corrected chi connectivity index (χ0v) is 16.3. The van der Waals surface area contributed by atoms with Crippen LogP contribution < -0.4 is 4.90 Å². The van der Waals surface area contributed by atoms with Crippen LogP contribution in [0.5, 0.6) is 0 Å². The average Bonchev–Trinajstić information content (AvgIpc) is 2.73. The number of hydrogen-bond donors (Lipinski definition) is 0. The molecule has 3 rings (SSSR count). The molecule has 0 aliphatic carbocycles. The summed E-state index contributed by atoms with van der Waals surface area (Å²) in [5.74, 6) is 0. The van der Waals surface area contributed by atoms with Crippen molar-refractivity contribution in [2.45, 2.75) is 26.7 Å². The van der Waals surface area contributed by atoms with E-state index in [9.17, 15) is 0 Å². The van der Waals surface area contributed by atoms with Gasteiger partial charge in [0.15, 0.2) is 0 Å². The molecule has 0 saturated heterocycles. The summed E-state index contributed by atoms with van der Waals surface area (Å²) >= 11 is 0. The minimum atomic E-state index is 0.971. The summed E-state index contributed by atoms with van der Waals surface area (Å²) in [6, 6.07) is 29.4. The summed E-state index contributed by atoms with van der Waals surface area (Å²) in [7, 11) is 0. The number of anilines is 1. The Balaban J connectivity index is 1.97. The van der Waals surface area contributed by atoms with E-state index in [-0.39, 0.29) is 0 Å². The Hall–Kier alpha value is -2.87. The van der Waals surface area contributed by atoms with Crippen LogP contribution in [0.25, 0.3) is 0 Å². The molecule has 0 aliphatic heterocycles. The predicted molar refractivity (Wildman–Crippen MR) is 117 cm³/mol. The first-order chi connectivity index (χ1) is 13.3. The molecule has 27 heavy (non-hydrogen) atoms. The molecule has 0 N–H and O–H groups in total. The molecular weight excluding hydrogens is 328 g/mol. The van der Waals surface area contributed by atoms with Gasteiger partial charge in [0.25, 0.3) is 0 Å². The van der Waals surface area contributed by atoms with E-state index >= 15 is 0 Å². The maximum absolute atomic E-state index is 4.95. The molecule has 3 aromatic rings. The minimum absolute atomic E-state index is 0.971. The van der Waals surface area contributed by atoms with E-state index in [0.29, 0.717) is 0 Å². The van der Waals surface area contributed by atoms with Crippen LogP contribution in [0.1, 0.15) is 37.8 Å². The Morgan fingerprint density at radius 2 is 1.19 bits per heavy atom. The van der Waals surface area contributed by atoms with Crippen molar-refractivity contribution in [2.24, 2.45) is 4.99 Å². The smallest absolute Gasteiger partial charge is 0.0781 e. The van der Waals surface area contributed by atoms with Crippen LogP contribution in [-0.2, 0) is 0 Å². The molecule has 0 bridgehead atoms. The Bertz CT molecular complexity index is 831. The number of hydrogen-bond acceptors (Lipinski definition) is 2. The molecule has 0 saturated carbocycles. The van der Waals surface area contributed by atoms with Crippen molar-refractivity contribution in [1.82, 2.24) is 0 Å². The van der Waals surface area contributed by atoms with Gasteiger partial charge in [-0.15, -0.1) is 0 Å². The van der Waals surface area contributed by atoms with Gasteiger partial charge in [-0.05, 0) is 37.1 Å². The molecule has 0 amide bonds. The van der Waals surface area contributed by atoms with Crippen molar-refractivity contribution >= 4 is 17.1 Å². The third-order valence-corrected chi connectivity index (χ3v) is 4.54. The normalized spacial score (nSPS) is 11.4. The van der Waals surface area contributed by atoms with Gasteiger partial charge in [-0.25, -0.2) is 4.99 Å². The summed E-state index contributed by atoms with van der Waals surface area (Å²) in [6.45, 7) is 6.65. The number of para-hydroxylation sites is 1. The van der Waals surface area contributed by atoms with E-state index in [1.807, 2.05) is 36.4 Å². The van der Waals surface area contributed by atoms with Gasteiger partial charge in [-0.1, -0.05) is 74.5 Å². The molecule has 0 aromatic heterocycles. The first kappa shape index (κ1) is 18.9. The Kier molecular flexibility index (Phi) is 6.81. The van der Waals surface area contributed by atoms with Crippen molar-refractivity contribution in [3.8, 4) is 0 Å². The van der Waals surface area contributed by atoms with Crippen LogP contribution in [0, 0.1) is 0 Å². The van der Waals surface area contributed by atoms with E-state index in [1.54, 1.807) is 0 Å². The summed E-state index contributed by atoms with van der Waals surface area (Å²) in [5.41, 5.74) is 5.54. The van der Waals surface area contributed by atoms with Crippen LogP contribution in [0.3, 0.4) is 0 Å². The van der Waals surface area contributed by atoms with Gasteiger partial charge < -0.3 is 4.90 Å². The van der Waals surface area contributed by atoms with Gasteiger partial charge >= 0.3 is 0 Å². The summed E-state index contributed by atoms with van der Waals surface area (Å²) in [6.07, 6.45) is 2.32. The molecule has 0 fully saturated rings. The molecular formula is C25H28N2. The largest absolute Gasteiger partial charge is 0.372 e. The van der Waals surface area contributed by atoms with Gasteiger partial charge in [0.05, 0.1) is 11.4 Å². The molecule has 0 aliphatic rings. The van der Waals surface area contributed by atoms with Crippen LogP contribution in [0.15, 0.2) is 89.9 Å². The molecule has 138 valence electrons. The number of nitrogens with zero attached hydrogens (tertiary/aromatic N) is 2. The third kappa shape index (κ3) is 5.07. The van der Waals surface area contributed by atoms with Gasteiger partial charge in [-0.3, -0.25) is 0 Å². The maximum atomic E-state index is 4.95. The monoisotopic (exact) mass is 356 g/mol. The zero-order chi connectivity index (χ0) is 18.9. The number of rotatable bonds is 8. The summed E-state index contributed by atoms with van der Waals surface area (Å²) in [5, 5.41) is 0. The van der Waals surface area contributed by atoms with Crippen molar-refractivity contribution in [3.63, 3.8) is 0 Å². The topological polar surface area (TPSA) is 15.6 Å². The second kappa shape index (κ2) is 9.72. The first-order valence-electron chi connectivity index (χ1n) is 9.86. The lowest BCUT2D eigenvalue weighted by atomic mass is 10.0. The van der Waals surface area contributed by atoms with Gasteiger partial charge in [0.2, 0.25) is 0 Å². The van der Waals surface area contributed by atoms with Gasteiger partial charge in [0.1, 0.15) is 0 Å². The highest BCUT2D eigenvalue weighted by Gasteiger charge is 2.09. The molecule has 2 heteroatoms. The lowest BCUT2D eigenvalue weighted by Crippen LogP contribution is -2.24. The molecule has 0 radical (unpaired) electrons. The molecule has 0 atom stereocenters. The summed E-state index contributed by atoms with van der Waals surface area (Å²) < 4.78 is 0. The fourth-order valence-corrected chi connectivity index (χ4v) is 3.26. The molecule has 0 unspecified atom stereocenters. The highest BCUT2D eigenvalue weighted by Crippen LogP contribution is 2.21. The first-order valence-corrected chi connectivity index (χ1v) is 9.86. The van der Waals surface area contributed by atoms with Crippen LogP contribution in [0.4, 0.5) is 11.4 Å². The van der Waals surface area contributed by atoms with Crippen molar-refractivity contribution in [3.05, 3.63) is 96.1 Å². The lowest BCUT2D eigenvalue weighted by molar-refractivity contribution is 0.745. The Labute approximate surface area is 163 Å². The highest BCUT2D eigenvalue weighted by atomic mass is 15.1. The third-order valence-electron chi connectivity index (χ3n) is 4.54. The Morgan fingerprint density at radius 3 is 1.74 bits per heavy atom. The van der Waals surface area contributed by atoms with E-state index in [4.69, 9.17) is 4.99 Å². The van der Waals surface area contributed by atoms with E-state index in [0.717, 1.165) is 48.5 Å². The maximum Gasteiger partial charge on any atom is 0.0781 e. The Morgan fingerprint density at radius 1 is 0.667 bits per heavy atom. The molecule has 3 aromatic carbocycles. The second-order valence-corrected chi connectivity index (χ2v) is 6.70. The quantitative estimate of drug-likeness (QED) is 0.422. The van der Waals surface area contributed by atoms with E-state index in [1.165, 1.54) is 5.69 Å². The zero-order valence-electron chi connectivity index (χ0n) is 16.3.